The van der Waals surface area contributed by atoms with Crippen LogP contribution in [0.15, 0.2) is 0 Å². The average Bonchev–Trinajstić information content (AvgIpc) is 2.85. The first-order valence-corrected chi connectivity index (χ1v) is 15.8. The van der Waals surface area contributed by atoms with Gasteiger partial charge >= 0.3 is 0 Å². The van der Waals surface area contributed by atoms with Gasteiger partial charge in [0, 0.05) is 0 Å². The Morgan fingerprint density at radius 3 is 0.818 bits per heavy atom. The van der Waals surface area contributed by atoms with E-state index in [1.807, 2.05) is 0 Å². The highest BCUT2D eigenvalue weighted by Gasteiger charge is 2.37. The molecule has 0 spiro atoms. The highest BCUT2D eigenvalue weighted by atomic mass is 16.5. The standard InChI is InChI=1S/C32H66O/c1-7-13-15-17-19-21-23-25-27-29-31(9-3,10-4)33-32(11-5,12-6)30-28-26-24-22-20-18-16-14-8-2/h7-30H2,1-6H3. The monoisotopic (exact) mass is 467 g/mol. The summed E-state index contributed by atoms with van der Waals surface area (Å²) in [6.07, 6.45) is 32.6. The molecule has 0 aromatic heterocycles. The minimum Gasteiger partial charge on any atom is -0.369 e. The third-order valence-electron chi connectivity index (χ3n) is 8.48. The maximum atomic E-state index is 7.17. The third kappa shape index (κ3) is 16.3. The molecule has 0 aromatic carbocycles. The Kier molecular flexibility index (Phi) is 22.4. The molecule has 0 aliphatic heterocycles. The second kappa shape index (κ2) is 22.4. The van der Waals surface area contributed by atoms with Crippen LogP contribution < -0.4 is 0 Å². The molecule has 0 aliphatic carbocycles. The Morgan fingerprint density at radius 2 is 0.576 bits per heavy atom. The van der Waals surface area contributed by atoms with Crippen molar-refractivity contribution in [1.29, 1.82) is 0 Å². The lowest BCUT2D eigenvalue weighted by molar-refractivity contribution is -0.173. The fourth-order valence-electron chi connectivity index (χ4n) is 5.57. The van der Waals surface area contributed by atoms with Crippen molar-refractivity contribution in [3.05, 3.63) is 0 Å². The molecule has 0 atom stereocenters. The summed E-state index contributed by atoms with van der Waals surface area (Å²) >= 11 is 0. The number of hydrogen-bond donors (Lipinski definition) is 0. The summed E-state index contributed by atoms with van der Waals surface area (Å²) in [5.74, 6) is 0. The van der Waals surface area contributed by atoms with Crippen LogP contribution in [0, 0.1) is 0 Å². The molecule has 0 bridgehead atoms. The van der Waals surface area contributed by atoms with Crippen LogP contribution >= 0.6 is 0 Å². The van der Waals surface area contributed by atoms with E-state index in [0.717, 1.165) is 0 Å². The lowest BCUT2D eigenvalue weighted by Crippen LogP contribution is -2.44. The van der Waals surface area contributed by atoms with Crippen LogP contribution in [0.25, 0.3) is 0 Å². The van der Waals surface area contributed by atoms with Gasteiger partial charge in [-0.2, -0.15) is 0 Å². The number of ether oxygens (including phenoxy) is 1. The van der Waals surface area contributed by atoms with Crippen LogP contribution in [0.5, 0.6) is 0 Å². The fraction of sp³-hybridized carbons (Fsp3) is 1.00. The molecule has 1 nitrogen and oxygen atoms in total. The molecule has 0 aliphatic rings. The maximum Gasteiger partial charge on any atom is 0.0684 e. The SMILES string of the molecule is CCCCCCCCCCCC(CC)(CC)OC(CC)(CC)CCCCCCCCCCC. The summed E-state index contributed by atoms with van der Waals surface area (Å²) in [7, 11) is 0. The molecule has 0 N–H and O–H groups in total. The Labute approximate surface area is 211 Å². The predicted molar refractivity (Wildman–Crippen MR) is 151 cm³/mol. The van der Waals surface area contributed by atoms with Crippen LogP contribution in [-0.4, -0.2) is 11.2 Å². The van der Waals surface area contributed by atoms with Crippen molar-refractivity contribution in [3.63, 3.8) is 0 Å². The molecule has 33 heavy (non-hydrogen) atoms. The van der Waals surface area contributed by atoms with Crippen molar-refractivity contribution in [2.75, 3.05) is 0 Å². The minimum absolute atomic E-state index is 0.104. The molecular weight excluding hydrogens is 400 g/mol. The van der Waals surface area contributed by atoms with Crippen LogP contribution in [0.3, 0.4) is 0 Å². The van der Waals surface area contributed by atoms with Gasteiger partial charge in [-0.15, -0.1) is 0 Å². The van der Waals surface area contributed by atoms with Crippen molar-refractivity contribution in [1.82, 2.24) is 0 Å². The molecule has 0 rings (SSSR count). The van der Waals surface area contributed by atoms with Crippen molar-refractivity contribution >= 4 is 0 Å². The van der Waals surface area contributed by atoms with E-state index in [9.17, 15) is 0 Å². The van der Waals surface area contributed by atoms with Gasteiger partial charge in [0.25, 0.3) is 0 Å². The van der Waals surface area contributed by atoms with E-state index in [2.05, 4.69) is 41.5 Å². The lowest BCUT2D eigenvalue weighted by atomic mass is 9.85. The Hall–Kier alpha value is -0.0400. The average molecular weight is 467 g/mol. The van der Waals surface area contributed by atoms with Crippen LogP contribution in [0.1, 0.15) is 196 Å². The Bertz CT molecular complexity index is 344. The quantitative estimate of drug-likeness (QED) is 0.115. The molecule has 200 valence electrons. The second-order valence-electron chi connectivity index (χ2n) is 11.0. The van der Waals surface area contributed by atoms with Gasteiger partial charge < -0.3 is 4.74 Å². The zero-order valence-corrected chi connectivity index (χ0v) is 24.4. The van der Waals surface area contributed by atoms with Crippen LogP contribution in [0.2, 0.25) is 0 Å². The second-order valence-corrected chi connectivity index (χ2v) is 11.0. The van der Waals surface area contributed by atoms with Crippen molar-refractivity contribution < 1.29 is 4.74 Å². The molecule has 0 unspecified atom stereocenters. The van der Waals surface area contributed by atoms with Crippen molar-refractivity contribution in [2.45, 2.75) is 207 Å². The van der Waals surface area contributed by atoms with E-state index in [4.69, 9.17) is 4.74 Å². The van der Waals surface area contributed by atoms with E-state index >= 15 is 0 Å². The van der Waals surface area contributed by atoms with Crippen LogP contribution in [0.4, 0.5) is 0 Å². The van der Waals surface area contributed by atoms with E-state index < -0.39 is 0 Å². The van der Waals surface area contributed by atoms with Gasteiger partial charge in [0.2, 0.25) is 0 Å². The van der Waals surface area contributed by atoms with Crippen molar-refractivity contribution in [3.8, 4) is 0 Å². The van der Waals surface area contributed by atoms with Gasteiger partial charge in [0.05, 0.1) is 11.2 Å². The summed E-state index contributed by atoms with van der Waals surface area (Å²) in [4.78, 5) is 0. The molecule has 0 saturated heterocycles. The van der Waals surface area contributed by atoms with E-state index in [1.165, 1.54) is 154 Å². The third-order valence-corrected chi connectivity index (χ3v) is 8.48. The van der Waals surface area contributed by atoms with Gasteiger partial charge in [0.1, 0.15) is 0 Å². The zero-order valence-electron chi connectivity index (χ0n) is 24.4. The van der Waals surface area contributed by atoms with Crippen molar-refractivity contribution in [2.24, 2.45) is 0 Å². The number of hydrogen-bond acceptors (Lipinski definition) is 1. The number of unbranched alkanes of at least 4 members (excludes halogenated alkanes) is 16. The topological polar surface area (TPSA) is 9.23 Å². The smallest absolute Gasteiger partial charge is 0.0684 e. The van der Waals surface area contributed by atoms with Gasteiger partial charge in [-0.25, -0.2) is 0 Å². The normalized spacial score (nSPS) is 12.5. The molecule has 0 fully saturated rings. The van der Waals surface area contributed by atoms with E-state index in [0.29, 0.717) is 0 Å². The van der Waals surface area contributed by atoms with E-state index in [-0.39, 0.29) is 11.2 Å². The van der Waals surface area contributed by atoms with E-state index in [1.54, 1.807) is 0 Å². The molecular formula is C32H66O. The first-order chi connectivity index (χ1) is 16.1. The molecule has 0 aromatic rings. The zero-order chi connectivity index (χ0) is 24.7. The van der Waals surface area contributed by atoms with Gasteiger partial charge in [-0.05, 0) is 38.5 Å². The van der Waals surface area contributed by atoms with Gasteiger partial charge in [-0.1, -0.05) is 157 Å². The molecule has 0 saturated carbocycles. The molecule has 0 radical (unpaired) electrons. The number of rotatable bonds is 26. The summed E-state index contributed by atoms with van der Waals surface area (Å²) in [5.41, 5.74) is 0.207. The Balaban J connectivity index is 4.36. The summed E-state index contributed by atoms with van der Waals surface area (Å²) in [6, 6.07) is 0. The first-order valence-electron chi connectivity index (χ1n) is 15.8. The molecule has 0 heterocycles. The summed E-state index contributed by atoms with van der Waals surface area (Å²) in [5, 5.41) is 0. The highest BCUT2D eigenvalue weighted by molar-refractivity contribution is 4.87. The Morgan fingerprint density at radius 1 is 0.333 bits per heavy atom. The summed E-state index contributed by atoms with van der Waals surface area (Å²) in [6.45, 7) is 14.1. The minimum atomic E-state index is 0.104. The lowest BCUT2D eigenvalue weighted by Gasteiger charge is -2.44. The van der Waals surface area contributed by atoms with Gasteiger partial charge in [0.15, 0.2) is 0 Å². The first kappa shape index (κ1) is 33.0. The highest BCUT2D eigenvalue weighted by Crippen LogP contribution is 2.38. The largest absolute Gasteiger partial charge is 0.369 e. The fourth-order valence-corrected chi connectivity index (χ4v) is 5.57. The maximum absolute atomic E-state index is 7.17. The van der Waals surface area contributed by atoms with Crippen LogP contribution in [-0.2, 0) is 4.74 Å². The summed E-state index contributed by atoms with van der Waals surface area (Å²) < 4.78 is 7.17. The molecule has 0 amide bonds. The van der Waals surface area contributed by atoms with Gasteiger partial charge in [-0.3, -0.25) is 0 Å². The molecule has 1 heteroatoms. The predicted octanol–water partition coefficient (Wildman–Crippen LogP) is 12.0.